The van der Waals surface area contributed by atoms with E-state index in [1.165, 1.54) is 5.56 Å². The van der Waals surface area contributed by atoms with Gasteiger partial charge in [-0.2, -0.15) is 5.10 Å². The summed E-state index contributed by atoms with van der Waals surface area (Å²) in [5.41, 5.74) is 5.44. The number of hydrogen-bond donors (Lipinski definition) is 1. The molecule has 3 rings (SSSR count). The van der Waals surface area contributed by atoms with Crippen LogP contribution in [0.15, 0.2) is 59.1 Å². The summed E-state index contributed by atoms with van der Waals surface area (Å²) >= 11 is 3.43. The summed E-state index contributed by atoms with van der Waals surface area (Å²) in [4.78, 5) is 12.2. The summed E-state index contributed by atoms with van der Waals surface area (Å²) in [5, 5.41) is 7.50. The average Bonchev–Trinajstić information content (AvgIpc) is 2.91. The van der Waals surface area contributed by atoms with Crippen LogP contribution in [0.4, 0.5) is 0 Å². The maximum Gasteiger partial charge on any atom is 0.224 e. The quantitative estimate of drug-likeness (QED) is 0.661. The first-order valence-electron chi connectivity index (χ1n) is 8.59. The zero-order chi connectivity index (χ0) is 18.5. The minimum absolute atomic E-state index is 0.0204. The molecule has 0 aliphatic heterocycles. The van der Waals surface area contributed by atoms with E-state index in [1.807, 2.05) is 48.0 Å². The van der Waals surface area contributed by atoms with Gasteiger partial charge in [-0.1, -0.05) is 52.3 Å². The van der Waals surface area contributed by atoms with E-state index in [0.717, 1.165) is 33.5 Å². The third-order valence-electron chi connectivity index (χ3n) is 4.17. The number of amides is 1. The SMILES string of the molecule is Cc1cc(C)n(Cc2cccc(CNC(=O)Cc3cccc(Br)c3)c2)n1. The molecule has 26 heavy (non-hydrogen) atoms. The summed E-state index contributed by atoms with van der Waals surface area (Å²) in [6.45, 7) is 5.32. The summed E-state index contributed by atoms with van der Waals surface area (Å²) in [6, 6.07) is 18.2. The Morgan fingerprint density at radius 2 is 1.77 bits per heavy atom. The van der Waals surface area contributed by atoms with Crippen molar-refractivity contribution in [2.45, 2.75) is 33.4 Å². The topological polar surface area (TPSA) is 46.9 Å². The van der Waals surface area contributed by atoms with Crippen LogP contribution in [0.1, 0.15) is 28.1 Å². The first-order valence-corrected chi connectivity index (χ1v) is 9.39. The number of aromatic nitrogens is 2. The van der Waals surface area contributed by atoms with Gasteiger partial charge in [0.25, 0.3) is 0 Å². The fourth-order valence-electron chi connectivity index (χ4n) is 2.94. The van der Waals surface area contributed by atoms with E-state index in [4.69, 9.17) is 0 Å². The van der Waals surface area contributed by atoms with Crippen LogP contribution < -0.4 is 5.32 Å². The number of aryl methyl sites for hydroxylation is 2. The van der Waals surface area contributed by atoms with Gasteiger partial charge in [-0.05, 0) is 48.7 Å². The molecule has 1 aromatic heterocycles. The smallest absolute Gasteiger partial charge is 0.224 e. The number of carbonyl (C=O) groups excluding carboxylic acids is 1. The van der Waals surface area contributed by atoms with Gasteiger partial charge in [-0.3, -0.25) is 9.48 Å². The van der Waals surface area contributed by atoms with Crippen LogP contribution in [0.3, 0.4) is 0 Å². The van der Waals surface area contributed by atoms with Crippen molar-refractivity contribution in [3.8, 4) is 0 Å². The van der Waals surface area contributed by atoms with Crippen LogP contribution in [0.2, 0.25) is 0 Å². The predicted molar refractivity (Wildman–Crippen MR) is 107 cm³/mol. The van der Waals surface area contributed by atoms with E-state index in [9.17, 15) is 4.79 Å². The molecule has 0 atom stereocenters. The lowest BCUT2D eigenvalue weighted by Crippen LogP contribution is -2.24. The maximum absolute atomic E-state index is 12.2. The third kappa shape index (κ3) is 5.05. The van der Waals surface area contributed by atoms with Crippen molar-refractivity contribution in [3.05, 3.63) is 87.1 Å². The summed E-state index contributed by atoms with van der Waals surface area (Å²) < 4.78 is 2.99. The molecule has 1 heterocycles. The highest BCUT2D eigenvalue weighted by Gasteiger charge is 2.06. The molecule has 3 aromatic rings. The lowest BCUT2D eigenvalue weighted by atomic mass is 10.1. The zero-order valence-corrected chi connectivity index (χ0v) is 16.6. The summed E-state index contributed by atoms with van der Waals surface area (Å²) in [7, 11) is 0. The van der Waals surface area contributed by atoms with Crippen LogP contribution in [0.25, 0.3) is 0 Å². The molecule has 0 saturated carbocycles. The molecule has 1 N–H and O–H groups in total. The molecule has 134 valence electrons. The second-order valence-corrected chi connectivity index (χ2v) is 7.40. The largest absolute Gasteiger partial charge is 0.352 e. The number of rotatable bonds is 6. The van der Waals surface area contributed by atoms with Crippen LogP contribution in [0, 0.1) is 13.8 Å². The van der Waals surface area contributed by atoms with E-state index in [2.05, 4.69) is 51.5 Å². The van der Waals surface area contributed by atoms with Gasteiger partial charge in [0.05, 0.1) is 18.7 Å². The van der Waals surface area contributed by atoms with Gasteiger partial charge in [0.2, 0.25) is 5.91 Å². The van der Waals surface area contributed by atoms with E-state index in [1.54, 1.807) is 0 Å². The molecule has 0 unspecified atom stereocenters. The van der Waals surface area contributed by atoms with Crippen molar-refractivity contribution in [3.63, 3.8) is 0 Å². The maximum atomic E-state index is 12.2. The minimum atomic E-state index is 0.0204. The van der Waals surface area contributed by atoms with Gasteiger partial charge in [0, 0.05) is 16.7 Å². The Hall–Kier alpha value is -2.40. The van der Waals surface area contributed by atoms with E-state index >= 15 is 0 Å². The molecule has 0 bridgehead atoms. The molecule has 1 amide bonds. The molecule has 0 radical (unpaired) electrons. The van der Waals surface area contributed by atoms with E-state index in [0.29, 0.717) is 13.0 Å². The molecule has 5 heteroatoms. The highest BCUT2D eigenvalue weighted by atomic mass is 79.9. The Kier molecular flexibility index (Phi) is 5.89. The second-order valence-electron chi connectivity index (χ2n) is 6.49. The Morgan fingerprint density at radius 1 is 1.04 bits per heavy atom. The van der Waals surface area contributed by atoms with Gasteiger partial charge in [-0.15, -0.1) is 0 Å². The van der Waals surface area contributed by atoms with Crippen molar-refractivity contribution in [2.75, 3.05) is 0 Å². The van der Waals surface area contributed by atoms with Gasteiger partial charge in [-0.25, -0.2) is 0 Å². The fraction of sp³-hybridized carbons (Fsp3) is 0.238. The van der Waals surface area contributed by atoms with E-state index in [-0.39, 0.29) is 5.91 Å². The molecular weight excluding hydrogens is 390 g/mol. The summed E-state index contributed by atoms with van der Waals surface area (Å²) in [5.74, 6) is 0.0204. The lowest BCUT2D eigenvalue weighted by molar-refractivity contribution is -0.120. The average molecular weight is 412 g/mol. The normalized spacial score (nSPS) is 10.7. The highest BCUT2D eigenvalue weighted by Crippen LogP contribution is 2.13. The molecule has 2 aromatic carbocycles. The molecular formula is C21H22BrN3O. The first-order chi connectivity index (χ1) is 12.5. The molecule has 0 fully saturated rings. The van der Waals surface area contributed by atoms with Crippen LogP contribution in [-0.2, 0) is 24.3 Å². The number of benzene rings is 2. The Bertz CT molecular complexity index is 917. The second kappa shape index (κ2) is 8.32. The van der Waals surface area contributed by atoms with Crippen molar-refractivity contribution in [1.29, 1.82) is 0 Å². The molecule has 0 aliphatic carbocycles. The Morgan fingerprint density at radius 3 is 2.50 bits per heavy atom. The zero-order valence-electron chi connectivity index (χ0n) is 15.0. The van der Waals surface area contributed by atoms with Crippen molar-refractivity contribution >= 4 is 21.8 Å². The number of nitrogens with zero attached hydrogens (tertiary/aromatic N) is 2. The van der Waals surface area contributed by atoms with Crippen LogP contribution in [0.5, 0.6) is 0 Å². The third-order valence-corrected chi connectivity index (χ3v) is 4.66. The molecule has 0 saturated heterocycles. The molecule has 0 aliphatic rings. The van der Waals surface area contributed by atoms with Crippen LogP contribution in [-0.4, -0.2) is 15.7 Å². The molecule has 4 nitrogen and oxygen atoms in total. The van der Waals surface area contributed by atoms with Gasteiger partial charge in [0.15, 0.2) is 0 Å². The Labute approximate surface area is 162 Å². The number of carbonyl (C=O) groups is 1. The monoisotopic (exact) mass is 411 g/mol. The predicted octanol–water partition coefficient (Wildman–Crippen LogP) is 4.17. The highest BCUT2D eigenvalue weighted by molar-refractivity contribution is 9.10. The van der Waals surface area contributed by atoms with Crippen molar-refractivity contribution in [1.82, 2.24) is 15.1 Å². The van der Waals surface area contributed by atoms with Gasteiger partial charge < -0.3 is 5.32 Å². The summed E-state index contributed by atoms with van der Waals surface area (Å²) in [6.07, 6.45) is 0.380. The standard InChI is InChI=1S/C21H22BrN3O/c1-15-9-16(2)25(24-15)14-19-7-3-6-18(10-19)13-23-21(26)12-17-5-4-8-20(22)11-17/h3-11H,12-14H2,1-2H3,(H,23,26). The van der Waals surface area contributed by atoms with Gasteiger partial charge >= 0.3 is 0 Å². The van der Waals surface area contributed by atoms with Crippen molar-refractivity contribution in [2.24, 2.45) is 0 Å². The number of hydrogen-bond acceptors (Lipinski definition) is 2. The molecule has 0 spiro atoms. The fourth-order valence-corrected chi connectivity index (χ4v) is 3.39. The number of nitrogens with one attached hydrogen (secondary N) is 1. The number of halogens is 1. The first kappa shape index (κ1) is 18.4. The van der Waals surface area contributed by atoms with Crippen molar-refractivity contribution < 1.29 is 4.79 Å². The van der Waals surface area contributed by atoms with Gasteiger partial charge in [0.1, 0.15) is 0 Å². The Balaban J connectivity index is 1.58. The lowest BCUT2D eigenvalue weighted by Gasteiger charge is -2.09. The minimum Gasteiger partial charge on any atom is -0.352 e. The van der Waals surface area contributed by atoms with Crippen LogP contribution >= 0.6 is 15.9 Å². The van der Waals surface area contributed by atoms with E-state index < -0.39 is 0 Å².